The Bertz CT molecular complexity index is 956. The molecule has 0 aliphatic carbocycles. The second-order valence-corrected chi connectivity index (χ2v) is 6.51. The van der Waals surface area contributed by atoms with E-state index in [0.29, 0.717) is 30.0 Å². The van der Waals surface area contributed by atoms with Crippen molar-refractivity contribution in [2.24, 2.45) is 0 Å². The molecule has 1 aliphatic rings. The van der Waals surface area contributed by atoms with Crippen LogP contribution in [0.5, 0.6) is 0 Å². The van der Waals surface area contributed by atoms with Gasteiger partial charge in [0.05, 0.1) is 23.5 Å². The Morgan fingerprint density at radius 1 is 1.22 bits per heavy atom. The molecule has 0 bridgehead atoms. The van der Waals surface area contributed by atoms with E-state index in [0.717, 1.165) is 12.1 Å². The van der Waals surface area contributed by atoms with Gasteiger partial charge in [0.25, 0.3) is 5.91 Å². The molecule has 6 nitrogen and oxygen atoms in total. The summed E-state index contributed by atoms with van der Waals surface area (Å²) in [7, 11) is 0. The van der Waals surface area contributed by atoms with E-state index in [9.17, 15) is 9.18 Å². The van der Waals surface area contributed by atoms with Crippen LogP contribution in [-0.2, 0) is 0 Å². The number of nitrogens with zero attached hydrogens (tertiary/aromatic N) is 4. The monoisotopic (exact) mass is 365 g/mol. The third-order valence-corrected chi connectivity index (χ3v) is 4.89. The predicted octanol–water partition coefficient (Wildman–Crippen LogP) is 2.50. The zero-order valence-electron chi connectivity index (χ0n) is 15.0. The van der Waals surface area contributed by atoms with Crippen molar-refractivity contribution in [2.45, 2.75) is 13.0 Å². The molecule has 1 atom stereocenters. The lowest BCUT2D eigenvalue weighted by atomic mass is 10.0. The number of piperazine rings is 1. The van der Waals surface area contributed by atoms with Gasteiger partial charge < -0.3 is 10.2 Å². The van der Waals surface area contributed by atoms with Crippen LogP contribution in [0.15, 0.2) is 55.0 Å². The standard InChI is InChI=1S/C20H20FN5O/c1-14-16(12-24-26(14)18-7-3-2-6-17(18)21)20(27)25-10-9-23-13-19(25)15-5-4-8-22-11-15/h2-8,11-12,19,23H,9-10,13H2,1H3. The first-order valence-corrected chi connectivity index (χ1v) is 8.88. The topological polar surface area (TPSA) is 63.1 Å². The summed E-state index contributed by atoms with van der Waals surface area (Å²) >= 11 is 0. The SMILES string of the molecule is Cc1c(C(=O)N2CCNCC2c2cccnc2)cnn1-c1ccccc1F. The van der Waals surface area contributed by atoms with Gasteiger partial charge in [-0.2, -0.15) is 5.10 Å². The van der Waals surface area contributed by atoms with Gasteiger partial charge in [-0.05, 0) is 30.7 Å². The van der Waals surface area contributed by atoms with Crippen molar-refractivity contribution in [1.82, 2.24) is 25.0 Å². The van der Waals surface area contributed by atoms with Gasteiger partial charge in [0.1, 0.15) is 11.5 Å². The van der Waals surface area contributed by atoms with Crippen LogP contribution in [0.4, 0.5) is 4.39 Å². The van der Waals surface area contributed by atoms with E-state index >= 15 is 0 Å². The highest BCUT2D eigenvalue weighted by molar-refractivity contribution is 5.95. The largest absolute Gasteiger partial charge is 0.329 e. The molecule has 1 aliphatic heterocycles. The van der Waals surface area contributed by atoms with Gasteiger partial charge in [-0.25, -0.2) is 9.07 Å². The minimum Gasteiger partial charge on any atom is -0.329 e. The van der Waals surface area contributed by atoms with E-state index in [1.54, 1.807) is 37.5 Å². The molecule has 1 fully saturated rings. The number of halogens is 1. The fourth-order valence-corrected chi connectivity index (χ4v) is 3.46. The Labute approximate surface area is 156 Å². The molecule has 3 heterocycles. The number of carbonyl (C=O) groups excluding carboxylic acids is 1. The van der Waals surface area contributed by atoms with Gasteiger partial charge in [0, 0.05) is 32.0 Å². The molecule has 0 saturated carbocycles. The Kier molecular flexibility index (Phi) is 4.68. The number of hydrogen-bond acceptors (Lipinski definition) is 4. The number of aromatic nitrogens is 3. The Morgan fingerprint density at radius 3 is 2.85 bits per heavy atom. The molecule has 138 valence electrons. The van der Waals surface area contributed by atoms with Crippen LogP contribution in [0.1, 0.15) is 27.7 Å². The summed E-state index contributed by atoms with van der Waals surface area (Å²) < 4.78 is 15.6. The smallest absolute Gasteiger partial charge is 0.257 e. The molecule has 0 spiro atoms. The maximum absolute atomic E-state index is 14.1. The van der Waals surface area contributed by atoms with Crippen molar-refractivity contribution < 1.29 is 9.18 Å². The average molecular weight is 365 g/mol. The van der Waals surface area contributed by atoms with Crippen molar-refractivity contribution in [3.05, 3.63) is 77.6 Å². The van der Waals surface area contributed by atoms with E-state index in [2.05, 4.69) is 15.4 Å². The lowest BCUT2D eigenvalue weighted by Gasteiger charge is -2.36. The van der Waals surface area contributed by atoms with Crippen LogP contribution in [0, 0.1) is 12.7 Å². The van der Waals surface area contributed by atoms with Gasteiger partial charge in [0.2, 0.25) is 0 Å². The number of rotatable bonds is 3. The second-order valence-electron chi connectivity index (χ2n) is 6.51. The minimum atomic E-state index is -0.377. The van der Waals surface area contributed by atoms with Crippen molar-refractivity contribution in [2.75, 3.05) is 19.6 Å². The second kappa shape index (κ2) is 7.28. The van der Waals surface area contributed by atoms with Gasteiger partial charge in [0.15, 0.2) is 0 Å². The first-order chi connectivity index (χ1) is 13.2. The van der Waals surface area contributed by atoms with Crippen LogP contribution in [0.3, 0.4) is 0 Å². The van der Waals surface area contributed by atoms with Crippen LogP contribution in [-0.4, -0.2) is 45.2 Å². The normalized spacial score (nSPS) is 17.1. The highest BCUT2D eigenvalue weighted by Crippen LogP contribution is 2.25. The summed E-state index contributed by atoms with van der Waals surface area (Å²) in [6, 6.07) is 10.1. The van der Waals surface area contributed by atoms with Gasteiger partial charge in [-0.1, -0.05) is 18.2 Å². The van der Waals surface area contributed by atoms with E-state index in [-0.39, 0.29) is 17.8 Å². The highest BCUT2D eigenvalue weighted by atomic mass is 19.1. The number of para-hydroxylation sites is 1. The number of pyridine rings is 1. The molecule has 3 aromatic rings. The van der Waals surface area contributed by atoms with E-state index in [1.165, 1.54) is 16.9 Å². The van der Waals surface area contributed by atoms with Crippen molar-refractivity contribution in [3.63, 3.8) is 0 Å². The number of nitrogens with one attached hydrogen (secondary N) is 1. The van der Waals surface area contributed by atoms with Crippen LogP contribution in [0.25, 0.3) is 5.69 Å². The van der Waals surface area contributed by atoms with E-state index < -0.39 is 0 Å². The van der Waals surface area contributed by atoms with E-state index in [4.69, 9.17) is 0 Å². The molecule has 1 unspecified atom stereocenters. The zero-order chi connectivity index (χ0) is 18.8. The molecule has 7 heteroatoms. The van der Waals surface area contributed by atoms with Crippen LogP contribution < -0.4 is 5.32 Å². The number of amides is 1. The first kappa shape index (κ1) is 17.4. The first-order valence-electron chi connectivity index (χ1n) is 8.88. The number of hydrogen-bond donors (Lipinski definition) is 1. The molecule has 1 saturated heterocycles. The third-order valence-electron chi connectivity index (χ3n) is 4.89. The molecular weight excluding hydrogens is 345 g/mol. The lowest BCUT2D eigenvalue weighted by molar-refractivity contribution is 0.0633. The van der Waals surface area contributed by atoms with Crippen molar-refractivity contribution in [1.29, 1.82) is 0 Å². The predicted molar refractivity (Wildman–Crippen MR) is 99.1 cm³/mol. The summed E-state index contributed by atoms with van der Waals surface area (Å²) in [6.07, 6.45) is 5.02. The molecular formula is C20H20FN5O. The summed E-state index contributed by atoms with van der Waals surface area (Å²) in [5.41, 5.74) is 2.41. The molecule has 1 aromatic carbocycles. The number of carbonyl (C=O) groups is 1. The third kappa shape index (κ3) is 3.21. The maximum atomic E-state index is 14.1. The highest BCUT2D eigenvalue weighted by Gasteiger charge is 2.30. The molecule has 2 aromatic heterocycles. The summed E-state index contributed by atoms with van der Waals surface area (Å²) in [6.45, 7) is 3.76. The summed E-state index contributed by atoms with van der Waals surface area (Å²) in [4.78, 5) is 19.3. The zero-order valence-corrected chi connectivity index (χ0v) is 15.0. The molecule has 4 rings (SSSR count). The lowest BCUT2D eigenvalue weighted by Crippen LogP contribution is -2.48. The fraction of sp³-hybridized carbons (Fsp3) is 0.250. The quantitative estimate of drug-likeness (QED) is 0.775. The van der Waals surface area contributed by atoms with E-state index in [1.807, 2.05) is 17.0 Å². The molecule has 0 radical (unpaired) electrons. The van der Waals surface area contributed by atoms with Crippen molar-refractivity contribution >= 4 is 5.91 Å². The van der Waals surface area contributed by atoms with Gasteiger partial charge >= 0.3 is 0 Å². The number of benzene rings is 1. The maximum Gasteiger partial charge on any atom is 0.257 e. The molecule has 27 heavy (non-hydrogen) atoms. The van der Waals surface area contributed by atoms with Crippen LogP contribution >= 0.6 is 0 Å². The molecule has 1 N–H and O–H groups in total. The Balaban J connectivity index is 1.67. The Hall–Kier alpha value is -3.06. The average Bonchev–Trinajstić information content (AvgIpc) is 3.09. The van der Waals surface area contributed by atoms with Gasteiger partial charge in [-0.3, -0.25) is 9.78 Å². The fourth-order valence-electron chi connectivity index (χ4n) is 3.46. The molecule has 1 amide bonds. The van der Waals surface area contributed by atoms with Crippen LogP contribution in [0.2, 0.25) is 0 Å². The van der Waals surface area contributed by atoms with Gasteiger partial charge in [-0.15, -0.1) is 0 Å². The Morgan fingerprint density at radius 2 is 2.07 bits per heavy atom. The minimum absolute atomic E-state index is 0.101. The summed E-state index contributed by atoms with van der Waals surface area (Å²) in [5, 5.41) is 7.59. The summed E-state index contributed by atoms with van der Waals surface area (Å²) in [5.74, 6) is -0.483. The van der Waals surface area contributed by atoms with Crippen molar-refractivity contribution in [3.8, 4) is 5.69 Å².